The van der Waals surface area contributed by atoms with E-state index in [0.717, 1.165) is 5.56 Å². The number of thiazole rings is 1. The third kappa shape index (κ3) is 3.63. The molecule has 0 fully saturated rings. The van der Waals surface area contributed by atoms with Gasteiger partial charge in [0.1, 0.15) is 28.4 Å². The second-order valence-corrected chi connectivity index (χ2v) is 6.94. The van der Waals surface area contributed by atoms with Crippen molar-refractivity contribution in [3.05, 3.63) is 76.5 Å². The summed E-state index contributed by atoms with van der Waals surface area (Å²) in [7, 11) is 0. The lowest BCUT2D eigenvalue weighted by molar-refractivity contribution is 0.102. The van der Waals surface area contributed by atoms with E-state index >= 15 is 0 Å². The zero-order chi connectivity index (χ0) is 19.7. The lowest BCUT2D eigenvalue weighted by Crippen LogP contribution is -2.21. The van der Waals surface area contributed by atoms with Crippen LogP contribution in [0.1, 0.15) is 15.9 Å². The summed E-state index contributed by atoms with van der Waals surface area (Å²) in [6.07, 6.45) is 1.57. The molecule has 4 rings (SSSR count). The Balaban J connectivity index is 1.90. The highest BCUT2D eigenvalue weighted by molar-refractivity contribution is 7.13. The van der Waals surface area contributed by atoms with Crippen molar-refractivity contribution in [1.82, 2.24) is 4.98 Å². The molecular formula is C20H14FN3O3S. The van der Waals surface area contributed by atoms with Gasteiger partial charge in [-0.15, -0.1) is 11.3 Å². The molecule has 0 aliphatic heterocycles. The quantitative estimate of drug-likeness (QED) is 0.534. The summed E-state index contributed by atoms with van der Waals surface area (Å²) >= 11 is 1.27. The fraction of sp³-hybridized carbons (Fsp3) is 0.0500. The monoisotopic (exact) mass is 395 g/mol. The van der Waals surface area contributed by atoms with Gasteiger partial charge in [0.25, 0.3) is 5.91 Å². The van der Waals surface area contributed by atoms with Gasteiger partial charge in [-0.1, -0.05) is 6.07 Å². The highest BCUT2D eigenvalue weighted by Crippen LogP contribution is 2.22. The van der Waals surface area contributed by atoms with E-state index in [-0.39, 0.29) is 22.6 Å². The Morgan fingerprint density at radius 1 is 1.25 bits per heavy atom. The molecule has 0 unspecified atom stereocenters. The van der Waals surface area contributed by atoms with Crippen molar-refractivity contribution in [3.63, 3.8) is 0 Å². The van der Waals surface area contributed by atoms with Crippen molar-refractivity contribution < 1.29 is 18.7 Å². The van der Waals surface area contributed by atoms with E-state index in [1.54, 1.807) is 36.7 Å². The van der Waals surface area contributed by atoms with Gasteiger partial charge in [-0.2, -0.15) is 0 Å². The second-order valence-electron chi connectivity index (χ2n) is 6.05. The average molecular weight is 395 g/mol. The van der Waals surface area contributed by atoms with Crippen LogP contribution < -0.4 is 10.9 Å². The zero-order valence-corrected chi connectivity index (χ0v) is 15.5. The van der Waals surface area contributed by atoms with E-state index in [9.17, 15) is 14.3 Å². The Kier molecular flexibility index (Phi) is 4.62. The molecule has 0 aliphatic rings. The number of aromatic nitrogens is 1. The van der Waals surface area contributed by atoms with Crippen LogP contribution in [0.2, 0.25) is 0 Å². The molecule has 0 aliphatic carbocycles. The normalized spacial score (nSPS) is 11.7. The first-order valence-corrected chi connectivity index (χ1v) is 9.16. The van der Waals surface area contributed by atoms with Crippen molar-refractivity contribution >= 4 is 39.0 Å². The van der Waals surface area contributed by atoms with Gasteiger partial charge < -0.3 is 9.52 Å². The lowest BCUT2D eigenvalue weighted by Gasteiger charge is -2.06. The average Bonchev–Trinajstić information content (AvgIpc) is 3.16. The third-order valence-electron chi connectivity index (χ3n) is 3.96. The number of nitrogens with one attached hydrogen (secondary N) is 1. The SMILES string of the molecule is Cc1ccc(N=c2oc3cc(O)ccc3cc2C(=O)Nc2nccs2)c(F)c1. The summed E-state index contributed by atoms with van der Waals surface area (Å²) in [6, 6.07) is 10.6. The first-order valence-electron chi connectivity index (χ1n) is 8.28. The first kappa shape index (κ1) is 17.9. The second kappa shape index (κ2) is 7.24. The Bertz CT molecular complexity index is 1250. The van der Waals surface area contributed by atoms with Crippen LogP contribution in [0.25, 0.3) is 11.0 Å². The van der Waals surface area contributed by atoms with Crippen LogP contribution in [-0.2, 0) is 0 Å². The van der Waals surface area contributed by atoms with Crippen molar-refractivity contribution in [1.29, 1.82) is 0 Å². The summed E-state index contributed by atoms with van der Waals surface area (Å²) in [4.78, 5) is 21.0. The van der Waals surface area contributed by atoms with E-state index in [2.05, 4.69) is 15.3 Å². The number of amides is 1. The minimum absolute atomic E-state index is 0.00343. The van der Waals surface area contributed by atoms with Crippen LogP contribution in [-0.4, -0.2) is 16.0 Å². The standard InChI is InChI=1S/C20H14FN3O3S/c1-11-2-5-16(15(21)8-11)23-19-14(18(26)24-20-22-6-7-28-20)9-12-3-4-13(25)10-17(12)27-19/h2-10,25H,1H3,(H,22,24,26). The molecule has 0 atom stereocenters. The third-order valence-corrected chi connectivity index (χ3v) is 4.65. The number of halogens is 1. The van der Waals surface area contributed by atoms with Gasteiger partial charge in [-0.25, -0.2) is 14.4 Å². The van der Waals surface area contributed by atoms with Crippen molar-refractivity contribution in [2.75, 3.05) is 5.32 Å². The molecule has 2 aromatic heterocycles. The Hall–Kier alpha value is -3.52. The number of aryl methyl sites for hydroxylation is 1. The van der Waals surface area contributed by atoms with Gasteiger partial charge in [0, 0.05) is 23.0 Å². The van der Waals surface area contributed by atoms with E-state index in [0.29, 0.717) is 16.1 Å². The number of carbonyl (C=O) groups excluding carboxylic acids is 1. The van der Waals surface area contributed by atoms with Gasteiger partial charge in [-0.05, 0) is 42.8 Å². The van der Waals surface area contributed by atoms with Gasteiger partial charge >= 0.3 is 0 Å². The van der Waals surface area contributed by atoms with E-state index in [4.69, 9.17) is 4.42 Å². The molecule has 2 N–H and O–H groups in total. The molecule has 2 heterocycles. The Labute approximate surface area is 162 Å². The van der Waals surface area contributed by atoms with Crippen LogP contribution >= 0.6 is 11.3 Å². The van der Waals surface area contributed by atoms with E-state index in [1.165, 1.54) is 35.6 Å². The van der Waals surface area contributed by atoms with E-state index < -0.39 is 11.7 Å². The summed E-state index contributed by atoms with van der Waals surface area (Å²) in [6.45, 7) is 1.77. The molecule has 0 spiro atoms. The molecule has 140 valence electrons. The van der Waals surface area contributed by atoms with Gasteiger partial charge in [-0.3, -0.25) is 10.1 Å². The fourth-order valence-corrected chi connectivity index (χ4v) is 3.14. The molecule has 0 radical (unpaired) electrons. The number of fused-ring (bicyclic) bond motifs is 1. The number of phenols is 1. The maximum Gasteiger partial charge on any atom is 0.262 e. The van der Waals surface area contributed by atoms with Gasteiger partial charge in [0.05, 0.1) is 0 Å². The highest BCUT2D eigenvalue weighted by atomic mass is 32.1. The van der Waals surface area contributed by atoms with Gasteiger partial charge in [0.15, 0.2) is 5.13 Å². The number of aromatic hydroxyl groups is 1. The number of hydrogen-bond acceptors (Lipinski definition) is 6. The molecular weight excluding hydrogens is 381 g/mol. The van der Waals surface area contributed by atoms with Crippen LogP contribution in [0.15, 0.2) is 63.5 Å². The summed E-state index contributed by atoms with van der Waals surface area (Å²) < 4.78 is 20.0. The zero-order valence-electron chi connectivity index (χ0n) is 14.6. The van der Waals surface area contributed by atoms with Crippen molar-refractivity contribution in [3.8, 4) is 5.75 Å². The smallest absolute Gasteiger partial charge is 0.262 e. The topological polar surface area (TPSA) is 87.7 Å². The highest BCUT2D eigenvalue weighted by Gasteiger charge is 2.15. The predicted octanol–water partition coefficient (Wildman–Crippen LogP) is 4.53. The molecule has 0 bridgehead atoms. The number of rotatable bonds is 3. The van der Waals surface area contributed by atoms with Crippen molar-refractivity contribution in [2.45, 2.75) is 6.92 Å². The summed E-state index contributed by atoms with van der Waals surface area (Å²) in [5.74, 6) is -1.01. The molecule has 8 heteroatoms. The largest absolute Gasteiger partial charge is 0.508 e. The lowest BCUT2D eigenvalue weighted by atomic mass is 10.1. The molecule has 4 aromatic rings. The fourth-order valence-electron chi connectivity index (χ4n) is 2.61. The maximum absolute atomic E-state index is 14.3. The van der Waals surface area contributed by atoms with Crippen LogP contribution in [0.5, 0.6) is 5.75 Å². The molecule has 0 saturated carbocycles. The molecule has 28 heavy (non-hydrogen) atoms. The number of phenolic OH excluding ortho intramolecular Hbond substituents is 1. The molecule has 0 saturated heterocycles. The minimum atomic E-state index is -0.530. The molecule has 2 aromatic carbocycles. The number of hydrogen-bond donors (Lipinski definition) is 2. The maximum atomic E-state index is 14.3. The number of carbonyl (C=O) groups is 1. The summed E-state index contributed by atoms with van der Waals surface area (Å²) in [5, 5.41) is 15.1. The van der Waals surface area contributed by atoms with Crippen LogP contribution in [0.4, 0.5) is 15.2 Å². The Morgan fingerprint density at radius 2 is 2.11 bits per heavy atom. The minimum Gasteiger partial charge on any atom is -0.508 e. The van der Waals surface area contributed by atoms with Crippen LogP contribution in [0.3, 0.4) is 0 Å². The molecule has 1 amide bonds. The Morgan fingerprint density at radius 3 is 2.86 bits per heavy atom. The summed E-state index contributed by atoms with van der Waals surface area (Å²) in [5.41, 5.74) is 1.15. The first-order chi connectivity index (χ1) is 13.5. The number of benzene rings is 2. The van der Waals surface area contributed by atoms with E-state index in [1.807, 2.05) is 0 Å². The van der Waals surface area contributed by atoms with Crippen LogP contribution in [0, 0.1) is 12.7 Å². The molecule has 6 nitrogen and oxygen atoms in total. The predicted molar refractivity (Wildman–Crippen MR) is 104 cm³/mol. The number of nitrogens with zero attached hydrogens (tertiary/aromatic N) is 2. The number of anilines is 1. The van der Waals surface area contributed by atoms with Gasteiger partial charge in [0.2, 0.25) is 5.55 Å². The van der Waals surface area contributed by atoms with Crippen molar-refractivity contribution in [2.24, 2.45) is 4.99 Å².